The smallest absolute Gasteiger partial charge is 0.240 e. The predicted octanol–water partition coefficient (Wildman–Crippen LogP) is 1.07. The molecule has 0 fully saturated rings. The monoisotopic (exact) mass is 226 g/mol. The van der Waals surface area contributed by atoms with Crippen LogP contribution in [0.1, 0.15) is 13.8 Å². The normalized spacial score (nSPS) is 10.5. The number of hydrogen-bond donors (Lipinski definition) is 2. The van der Waals surface area contributed by atoms with Crippen molar-refractivity contribution in [2.45, 2.75) is 13.8 Å². The minimum Gasteiger partial charge on any atom is -0.476 e. The van der Waals surface area contributed by atoms with Crippen LogP contribution in [0.5, 0.6) is 11.8 Å². The van der Waals surface area contributed by atoms with E-state index in [0.717, 1.165) is 0 Å². The Balaban J connectivity index is 2.66. The summed E-state index contributed by atoms with van der Waals surface area (Å²) in [4.78, 5) is 4.10. The molecule has 1 rings (SSSR count). The maximum atomic E-state index is 8.62. The largest absolute Gasteiger partial charge is 0.476 e. The maximum Gasteiger partial charge on any atom is 0.240 e. The minimum absolute atomic E-state index is 0.0474. The molecule has 16 heavy (non-hydrogen) atoms. The van der Waals surface area contributed by atoms with Crippen LogP contribution in [0.2, 0.25) is 0 Å². The second-order valence-corrected chi connectivity index (χ2v) is 3.82. The Bertz CT molecular complexity index is 329. The van der Waals surface area contributed by atoms with Gasteiger partial charge in [0.15, 0.2) is 0 Å². The number of anilines is 1. The molecule has 0 aromatic carbocycles. The molecular weight excluding hydrogens is 208 g/mol. The van der Waals surface area contributed by atoms with E-state index in [9.17, 15) is 0 Å². The number of ether oxygens (including phenoxy) is 2. The summed E-state index contributed by atoms with van der Waals surface area (Å²) in [6, 6.07) is 3.32. The quantitative estimate of drug-likeness (QED) is 0.758. The fourth-order valence-electron chi connectivity index (χ4n) is 1.03. The summed E-state index contributed by atoms with van der Waals surface area (Å²) in [6.45, 7) is 4.81. The van der Waals surface area contributed by atoms with Crippen molar-refractivity contribution in [3.05, 3.63) is 12.1 Å². The lowest BCUT2D eigenvalue weighted by Gasteiger charge is -2.11. The fourth-order valence-corrected chi connectivity index (χ4v) is 1.03. The molecule has 0 unspecified atom stereocenters. The molecule has 0 atom stereocenters. The van der Waals surface area contributed by atoms with E-state index in [4.69, 9.17) is 20.3 Å². The van der Waals surface area contributed by atoms with Gasteiger partial charge in [-0.05, 0) is 12.0 Å². The molecule has 0 amide bonds. The van der Waals surface area contributed by atoms with E-state index in [0.29, 0.717) is 30.0 Å². The zero-order valence-electron chi connectivity index (χ0n) is 9.64. The van der Waals surface area contributed by atoms with Gasteiger partial charge in [-0.15, -0.1) is 0 Å². The van der Waals surface area contributed by atoms with E-state index in [1.54, 1.807) is 12.1 Å². The zero-order chi connectivity index (χ0) is 12.0. The summed E-state index contributed by atoms with van der Waals surface area (Å²) >= 11 is 0. The molecule has 0 spiro atoms. The van der Waals surface area contributed by atoms with Crippen LogP contribution in [0.3, 0.4) is 0 Å². The van der Waals surface area contributed by atoms with E-state index in [2.05, 4.69) is 4.98 Å². The Morgan fingerprint density at radius 1 is 1.38 bits per heavy atom. The number of aliphatic hydroxyl groups excluding tert-OH is 1. The average Bonchev–Trinajstić information content (AvgIpc) is 2.26. The third kappa shape index (κ3) is 3.94. The van der Waals surface area contributed by atoms with Crippen molar-refractivity contribution < 1.29 is 14.6 Å². The van der Waals surface area contributed by atoms with Gasteiger partial charge in [0.25, 0.3) is 0 Å². The van der Waals surface area contributed by atoms with Gasteiger partial charge in [0, 0.05) is 6.07 Å². The number of nitrogens with zero attached hydrogens (tertiary/aromatic N) is 1. The van der Waals surface area contributed by atoms with Crippen molar-refractivity contribution >= 4 is 5.69 Å². The lowest BCUT2D eigenvalue weighted by Crippen LogP contribution is -2.09. The summed E-state index contributed by atoms with van der Waals surface area (Å²) < 4.78 is 10.6. The SMILES string of the molecule is CC(C)COc1nc(OCCO)ccc1N. The van der Waals surface area contributed by atoms with Crippen molar-refractivity contribution in [1.82, 2.24) is 4.98 Å². The second kappa shape index (κ2) is 6.17. The van der Waals surface area contributed by atoms with Crippen LogP contribution in [0.25, 0.3) is 0 Å². The van der Waals surface area contributed by atoms with E-state index in [-0.39, 0.29) is 13.2 Å². The molecule has 0 saturated heterocycles. The van der Waals surface area contributed by atoms with Gasteiger partial charge in [0.1, 0.15) is 6.61 Å². The molecule has 0 saturated carbocycles. The Hall–Kier alpha value is -1.49. The average molecular weight is 226 g/mol. The zero-order valence-corrected chi connectivity index (χ0v) is 9.64. The van der Waals surface area contributed by atoms with Gasteiger partial charge < -0.3 is 20.3 Å². The maximum absolute atomic E-state index is 8.62. The first-order valence-corrected chi connectivity index (χ1v) is 5.26. The minimum atomic E-state index is -0.0474. The molecule has 90 valence electrons. The summed E-state index contributed by atoms with van der Waals surface area (Å²) in [7, 11) is 0. The molecule has 0 aliphatic rings. The van der Waals surface area contributed by atoms with Crippen molar-refractivity contribution in [2.75, 3.05) is 25.6 Å². The van der Waals surface area contributed by atoms with E-state index >= 15 is 0 Å². The summed E-state index contributed by atoms with van der Waals surface area (Å²) in [5, 5.41) is 8.62. The third-order valence-corrected chi connectivity index (χ3v) is 1.76. The number of nitrogens with two attached hydrogens (primary N) is 1. The number of nitrogen functional groups attached to an aromatic ring is 1. The van der Waals surface area contributed by atoms with Gasteiger partial charge in [-0.2, -0.15) is 4.98 Å². The Morgan fingerprint density at radius 2 is 2.12 bits per heavy atom. The molecule has 0 bridgehead atoms. The first kappa shape index (κ1) is 12.6. The van der Waals surface area contributed by atoms with Crippen molar-refractivity contribution in [3.63, 3.8) is 0 Å². The highest BCUT2D eigenvalue weighted by Crippen LogP contribution is 2.22. The molecule has 3 N–H and O–H groups in total. The van der Waals surface area contributed by atoms with Crippen LogP contribution in [0, 0.1) is 5.92 Å². The highest BCUT2D eigenvalue weighted by molar-refractivity contribution is 5.49. The van der Waals surface area contributed by atoms with Crippen molar-refractivity contribution in [1.29, 1.82) is 0 Å². The summed E-state index contributed by atoms with van der Waals surface area (Å²) in [5.41, 5.74) is 6.20. The van der Waals surface area contributed by atoms with Gasteiger partial charge >= 0.3 is 0 Å². The van der Waals surface area contributed by atoms with Gasteiger partial charge in [0.2, 0.25) is 11.8 Å². The number of aliphatic hydroxyl groups is 1. The highest BCUT2D eigenvalue weighted by Gasteiger charge is 2.06. The molecule has 0 aliphatic heterocycles. The van der Waals surface area contributed by atoms with Crippen LogP contribution in [-0.2, 0) is 0 Å². The predicted molar refractivity (Wildman–Crippen MR) is 61.6 cm³/mol. The van der Waals surface area contributed by atoms with Crippen LogP contribution in [0.15, 0.2) is 12.1 Å². The molecular formula is C11H18N2O3. The molecule has 1 aromatic heterocycles. The fraction of sp³-hybridized carbons (Fsp3) is 0.545. The van der Waals surface area contributed by atoms with E-state index in [1.807, 2.05) is 13.8 Å². The molecule has 5 nitrogen and oxygen atoms in total. The van der Waals surface area contributed by atoms with Crippen molar-refractivity contribution in [2.24, 2.45) is 5.92 Å². The Labute approximate surface area is 95.2 Å². The first-order valence-electron chi connectivity index (χ1n) is 5.26. The number of aromatic nitrogens is 1. The molecule has 5 heteroatoms. The standard InChI is InChI=1S/C11H18N2O3/c1-8(2)7-16-11-9(12)3-4-10(13-11)15-6-5-14/h3-4,8,14H,5-7,12H2,1-2H3. The molecule has 1 heterocycles. The molecule has 0 aliphatic carbocycles. The van der Waals surface area contributed by atoms with Crippen LogP contribution in [0.4, 0.5) is 5.69 Å². The van der Waals surface area contributed by atoms with E-state index in [1.165, 1.54) is 0 Å². The van der Waals surface area contributed by atoms with Gasteiger partial charge in [-0.3, -0.25) is 0 Å². The lowest BCUT2D eigenvalue weighted by molar-refractivity contribution is 0.193. The summed E-state index contributed by atoms with van der Waals surface area (Å²) in [6.07, 6.45) is 0. The Morgan fingerprint density at radius 3 is 2.75 bits per heavy atom. The Kier molecular flexibility index (Phi) is 4.85. The number of hydrogen-bond acceptors (Lipinski definition) is 5. The second-order valence-electron chi connectivity index (χ2n) is 3.82. The summed E-state index contributed by atoms with van der Waals surface area (Å²) in [5.74, 6) is 1.19. The highest BCUT2D eigenvalue weighted by atomic mass is 16.5. The topological polar surface area (TPSA) is 77.6 Å². The van der Waals surface area contributed by atoms with Gasteiger partial charge in [0.05, 0.1) is 18.9 Å². The van der Waals surface area contributed by atoms with Crippen LogP contribution in [-0.4, -0.2) is 29.9 Å². The third-order valence-electron chi connectivity index (χ3n) is 1.76. The number of rotatable bonds is 6. The van der Waals surface area contributed by atoms with Crippen molar-refractivity contribution in [3.8, 4) is 11.8 Å². The molecule has 1 aromatic rings. The lowest BCUT2D eigenvalue weighted by atomic mass is 10.2. The molecule has 0 radical (unpaired) electrons. The van der Waals surface area contributed by atoms with Crippen LogP contribution >= 0.6 is 0 Å². The van der Waals surface area contributed by atoms with Gasteiger partial charge in [-0.1, -0.05) is 13.8 Å². The first-order chi connectivity index (χ1) is 7.63. The van der Waals surface area contributed by atoms with E-state index < -0.39 is 0 Å². The van der Waals surface area contributed by atoms with Crippen LogP contribution < -0.4 is 15.2 Å². The van der Waals surface area contributed by atoms with Gasteiger partial charge in [-0.25, -0.2) is 0 Å². The number of pyridine rings is 1.